The Balaban J connectivity index is 1.86. The summed E-state index contributed by atoms with van der Waals surface area (Å²) in [5, 5.41) is 16.8. The number of hydrogen-bond donors (Lipinski definition) is 2. The van der Waals surface area contributed by atoms with E-state index < -0.39 is 6.10 Å². The Hall–Kier alpha value is -1.56. The van der Waals surface area contributed by atoms with Gasteiger partial charge in [-0.1, -0.05) is 6.92 Å². The highest BCUT2D eigenvalue weighted by atomic mass is 16.3. The number of amides is 2. The molecule has 1 aromatic rings. The highest BCUT2D eigenvalue weighted by Crippen LogP contribution is 2.32. The fraction of sp³-hybridized carbons (Fsp3) is 0.692. The Bertz CT molecular complexity index is 428. The van der Waals surface area contributed by atoms with Crippen LogP contribution in [0.2, 0.25) is 0 Å². The maximum Gasteiger partial charge on any atom is 0.322 e. The molecule has 1 aliphatic rings. The summed E-state index contributed by atoms with van der Waals surface area (Å²) in [5.74, 6) is 1.07. The van der Waals surface area contributed by atoms with Crippen molar-refractivity contribution in [3.05, 3.63) is 12.3 Å². The number of nitrogens with one attached hydrogen (secondary N) is 1. The van der Waals surface area contributed by atoms with Crippen LogP contribution in [0.4, 0.5) is 10.6 Å². The average Bonchev–Trinajstić information content (AvgIpc) is 3.14. The molecule has 0 aliphatic heterocycles. The molecular weight excluding hydrogens is 244 g/mol. The van der Waals surface area contributed by atoms with Crippen LogP contribution in [0.1, 0.15) is 26.2 Å². The molecule has 0 radical (unpaired) electrons. The summed E-state index contributed by atoms with van der Waals surface area (Å²) in [6.45, 7) is 3.21. The third-order valence-corrected chi connectivity index (χ3v) is 3.36. The van der Waals surface area contributed by atoms with E-state index in [4.69, 9.17) is 0 Å². The van der Waals surface area contributed by atoms with E-state index in [1.807, 2.05) is 0 Å². The van der Waals surface area contributed by atoms with Gasteiger partial charge in [0.05, 0.1) is 12.3 Å². The number of aliphatic hydroxyl groups excluding tert-OH is 1. The number of carbonyl (C=O) groups excluding carboxylic acids is 1. The van der Waals surface area contributed by atoms with Crippen molar-refractivity contribution >= 4 is 11.8 Å². The number of rotatable bonds is 6. The topological polar surface area (TPSA) is 70.4 Å². The molecule has 1 unspecified atom stereocenters. The minimum absolute atomic E-state index is 0.211. The predicted octanol–water partition coefficient (Wildman–Crippen LogP) is 1.53. The van der Waals surface area contributed by atoms with E-state index in [1.165, 1.54) is 4.90 Å². The second-order valence-electron chi connectivity index (χ2n) is 5.16. The molecule has 0 saturated heterocycles. The van der Waals surface area contributed by atoms with Gasteiger partial charge in [-0.2, -0.15) is 5.10 Å². The summed E-state index contributed by atoms with van der Waals surface area (Å²) in [4.78, 5) is 13.5. The molecule has 1 saturated carbocycles. The van der Waals surface area contributed by atoms with Crippen molar-refractivity contribution in [3.8, 4) is 0 Å². The van der Waals surface area contributed by atoms with Crippen LogP contribution in [-0.2, 0) is 6.54 Å². The molecule has 0 aromatic carbocycles. The van der Waals surface area contributed by atoms with E-state index in [-0.39, 0.29) is 6.03 Å². The van der Waals surface area contributed by atoms with Gasteiger partial charge in [-0.25, -0.2) is 9.48 Å². The quantitative estimate of drug-likeness (QED) is 0.820. The van der Waals surface area contributed by atoms with Gasteiger partial charge in [0.15, 0.2) is 0 Å². The van der Waals surface area contributed by atoms with Crippen molar-refractivity contribution < 1.29 is 9.90 Å². The van der Waals surface area contributed by atoms with Gasteiger partial charge < -0.3 is 10.0 Å². The molecule has 6 nitrogen and oxygen atoms in total. The smallest absolute Gasteiger partial charge is 0.322 e. The third kappa shape index (κ3) is 3.70. The van der Waals surface area contributed by atoms with Gasteiger partial charge >= 0.3 is 6.03 Å². The molecule has 1 aliphatic carbocycles. The van der Waals surface area contributed by atoms with Crippen LogP contribution in [0, 0.1) is 5.92 Å². The first kappa shape index (κ1) is 13.9. The zero-order chi connectivity index (χ0) is 13.8. The summed E-state index contributed by atoms with van der Waals surface area (Å²) in [6, 6.07) is 1.57. The fourth-order valence-electron chi connectivity index (χ4n) is 2.03. The van der Waals surface area contributed by atoms with Crippen LogP contribution < -0.4 is 5.32 Å². The van der Waals surface area contributed by atoms with E-state index >= 15 is 0 Å². The van der Waals surface area contributed by atoms with Gasteiger partial charge in [0, 0.05) is 26.2 Å². The first-order chi connectivity index (χ1) is 9.11. The number of aromatic nitrogens is 2. The van der Waals surface area contributed by atoms with Crippen molar-refractivity contribution in [2.45, 2.75) is 38.8 Å². The molecule has 2 rings (SSSR count). The van der Waals surface area contributed by atoms with Gasteiger partial charge in [-0.3, -0.25) is 5.32 Å². The number of nitrogens with zero attached hydrogens (tertiary/aromatic N) is 3. The predicted molar refractivity (Wildman–Crippen MR) is 72.9 cm³/mol. The zero-order valence-corrected chi connectivity index (χ0v) is 11.5. The Morgan fingerprint density at radius 2 is 2.42 bits per heavy atom. The third-order valence-electron chi connectivity index (χ3n) is 3.36. The Morgan fingerprint density at radius 1 is 1.68 bits per heavy atom. The summed E-state index contributed by atoms with van der Waals surface area (Å²) in [6.07, 6.45) is 4.36. The summed E-state index contributed by atoms with van der Waals surface area (Å²) >= 11 is 0. The SMILES string of the molecule is CCCn1nccc1NC(=O)N(C)CC(O)C1CC1. The number of likely N-dealkylation sites (N-methyl/N-ethyl adjacent to an activating group) is 1. The molecule has 1 fully saturated rings. The number of aliphatic hydroxyl groups is 1. The van der Waals surface area contributed by atoms with E-state index in [2.05, 4.69) is 17.3 Å². The van der Waals surface area contributed by atoms with Gasteiger partial charge in [-0.05, 0) is 25.2 Å². The van der Waals surface area contributed by atoms with Crippen molar-refractivity contribution in [1.29, 1.82) is 0 Å². The molecule has 106 valence electrons. The lowest BCUT2D eigenvalue weighted by Crippen LogP contribution is -2.38. The number of carbonyl (C=O) groups is 1. The first-order valence-corrected chi connectivity index (χ1v) is 6.83. The molecular formula is C13H22N4O2. The normalized spacial score (nSPS) is 16.2. The monoisotopic (exact) mass is 266 g/mol. The van der Waals surface area contributed by atoms with Crippen molar-refractivity contribution in [2.24, 2.45) is 5.92 Å². The fourth-order valence-corrected chi connectivity index (χ4v) is 2.03. The second-order valence-corrected chi connectivity index (χ2v) is 5.16. The Labute approximate surface area is 113 Å². The molecule has 1 heterocycles. The summed E-state index contributed by atoms with van der Waals surface area (Å²) in [5.41, 5.74) is 0. The number of aryl methyl sites for hydroxylation is 1. The van der Waals surface area contributed by atoms with Crippen LogP contribution in [0.25, 0.3) is 0 Å². The summed E-state index contributed by atoms with van der Waals surface area (Å²) < 4.78 is 1.77. The standard InChI is InChI=1S/C13H22N4O2/c1-3-8-17-12(6-7-14-17)15-13(19)16(2)9-11(18)10-4-5-10/h6-7,10-11,18H,3-5,8-9H2,1-2H3,(H,15,19). The van der Waals surface area contributed by atoms with Gasteiger partial charge in [0.25, 0.3) is 0 Å². The van der Waals surface area contributed by atoms with Gasteiger partial charge in [0.2, 0.25) is 0 Å². The Morgan fingerprint density at radius 3 is 3.05 bits per heavy atom. The minimum Gasteiger partial charge on any atom is -0.391 e. The lowest BCUT2D eigenvalue weighted by Gasteiger charge is -2.21. The Kier molecular flexibility index (Phi) is 4.42. The van der Waals surface area contributed by atoms with E-state index in [0.29, 0.717) is 18.3 Å². The molecule has 2 amide bonds. The largest absolute Gasteiger partial charge is 0.391 e. The van der Waals surface area contributed by atoms with E-state index in [0.717, 1.165) is 25.8 Å². The zero-order valence-electron chi connectivity index (χ0n) is 11.5. The molecule has 1 aromatic heterocycles. The van der Waals surface area contributed by atoms with Crippen molar-refractivity contribution in [3.63, 3.8) is 0 Å². The van der Waals surface area contributed by atoms with Crippen molar-refractivity contribution in [2.75, 3.05) is 18.9 Å². The average molecular weight is 266 g/mol. The first-order valence-electron chi connectivity index (χ1n) is 6.83. The number of urea groups is 1. The summed E-state index contributed by atoms with van der Waals surface area (Å²) in [7, 11) is 1.70. The molecule has 0 spiro atoms. The molecule has 6 heteroatoms. The van der Waals surface area contributed by atoms with Crippen LogP contribution in [0.15, 0.2) is 12.3 Å². The lowest BCUT2D eigenvalue weighted by molar-refractivity contribution is 0.117. The molecule has 19 heavy (non-hydrogen) atoms. The molecule has 1 atom stereocenters. The van der Waals surface area contributed by atoms with Gasteiger partial charge in [0.1, 0.15) is 5.82 Å². The molecule has 0 bridgehead atoms. The van der Waals surface area contributed by atoms with E-state index in [9.17, 15) is 9.90 Å². The van der Waals surface area contributed by atoms with E-state index in [1.54, 1.807) is 24.0 Å². The van der Waals surface area contributed by atoms with Crippen molar-refractivity contribution in [1.82, 2.24) is 14.7 Å². The maximum atomic E-state index is 12.0. The number of anilines is 1. The van der Waals surface area contributed by atoms with Crippen LogP contribution in [-0.4, -0.2) is 45.5 Å². The van der Waals surface area contributed by atoms with Crippen LogP contribution >= 0.6 is 0 Å². The second kappa shape index (κ2) is 6.06. The maximum absolute atomic E-state index is 12.0. The molecule has 2 N–H and O–H groups in total. The number of hydrogen-bond acceptors (Lipinski definition) is 3. The highest BCUT2D eigenvalue weighted by molar-refractivity contribution is 5.88. The van der Waals surface area contributed by atoms with Crippen LogP contribution in [0.5, 0.6) is 0 Å². The minimum atomic E-state index is -0.406. The van der Waals surface area contributed by atoms with Crippen LogP contribution in [0.3, 0.4) is 0 Å². The lowest BCUT2D eigenvalue weighted by atomic mass is 10.2. The van der Waals surface area contributed by atoms with Gasteiger partial charge in [-0.15, -0.1) is 0 Å². The highest BCUT2D eigenvalue weighted by Gasteiger charge is 2.31.